The number of aromatic nitrogens is 2. The van der Waals surface area contributed by atoms with Gasteiger partial charge in [0, 0.05) is 13.1 Å². The zero-order valence-electron chi connectivity index (χ0n) is 7.01. The average Bonchev–Trinajstić information content (AvgIpc) is 2.71. The second kappa shape index (κ2) is 3.23. The van der Waals surface area contributed by atoms with Gasteiger partial charge in [0.05, 0.1) is 12.4 Å². The molecule has 0 fully saturated rings. The highest BCUT2D eigenvalue weighted by Crippen LogP contribution is 2.12. The van der Waals surface area contributed by atoms with Crippen LogP contribution in [0.3, 0.4) is 0 Å². The Kier molecular flexibility index (Phi) is 1.93. The van der Waals surface area contributed by atoms with Crippen LogP contribution in [0.25, 0.3) is 0 Å². The van der Waals surface area contributed by atoms with Gasteiger partial charge in [-0.25, -0.2) is 4.98 Å². The molecule has 2 rings (SSSR count). The van der Waals surface area contributed by atoms with E-state index >= 15 is 0 Å². The van der Waals surface area contributed by atoms with E-state index in [2.05, 4.69) is 22.1 Å². The molecule has 0 bridgehead atoms. The lowest BCUT2D eigenvalue weighted by Gasteiger charge is -2.15. The van der Waals surface area contributed by atoms with Gasteiger partial charge in [-0.15, -0.1) is 0 Å². The van der Waals surface area contributed by atoms with Crippen molar-refractivity contribution in [1.82, 2.24) is 9.97 Å². The SMILES string of the molecule is N#Cc1cncc(N2CC=CC2)n1. The van der Waals surface area contributed by atoms with Crippen molar-refractivity contribution in [1.29, 1.82) is 5.26 Å². The molecular weight excluding hydrogens is 164 g/mol. The predicted octanol–water partition coefficient (Wildman–Crippen LogP) is 0.724. The smallest absolute Gasteiger partial charge is 0.161 e. The van der Waals surface area contributed by atoms with Crippen LogP contribution in [0.4, 0.5) is 5.82 Å². The Balaban J connectivity index is 2.26. The van der Waals surface area contributed by atoms with Gasteiger partial charge in [0.15, 0.2) is 5.69 Å². The lowest BCUT2D eigenvalue weighted by Crippen LogP contribution is -2.20. The maximum Gasteiger partial charge on any atom is 0.161 e. The largest absolute Gasteiger partial charge is 0.348 e. The van der Waals surface area contributed by atoms with E-state index in [1.54, 1.807) is 6.20 Å². The second-order valence-electron chi connectivity index (χ2n) is 2.75. The summed E-state index contributed by atoms with van der Waals surface area (Å²) >= 11 is 0. The summed E-state index contributed by atoms with van der Waals surface area (Å²) in [5.41, 5.74) is 0.365. The molecule has 0 amide bonds. The highest BCUT2D eigenvalue weighted by Gasteiger charge is 2.09. The third-order valence-electron chi connectivity index (χ3n) is 1.88. The van der Waals surface area contributed by atoms with Crippen LogP contribution in [0.15, 0.2) is 24.5 Å². The number of anilines is 1. The summed E-state index contributed by atoms with van der Waals surface area (Å²) in [6.45, 7) is 1.70. The molecule has 2 heterocycles. The molecule has 0 N–H and O–H groups in total. The molecule has 1 aromatic rings. The standard InChI is InChI=1S/C9H8N4/c10-5-8-6-11-7-9(12-8)13-3-1-2-4-13/h1-2,6-7H,3-4H2. The summed E-state index contributed by atoms with van der Waals surface area (Å²) in [6.07, 6.45) is 7.28. The molecule has 1 aromatic heterocycles. The van der Waals surface area contributed by atoms with Crippen molar-refractivity contribution in [2.75, 3.05) is 18.0 Å². The van der Waals surface area contributed by atoms with Crippen molar-refractivity contribution in [3.63, 3.8) is 0 Å². The van der Waals surface area contributed by atoms with E-state index in [-0.39, 0.29) is 0 Å². The molecule has 0 atom stereocenters. The highest BCUT2D eigenvalue weighted by molar-refractivity contribution is 5.42. The van der Waals surface area contributed by atoms with Crippen molar-refractivity contribution in [3.8, 4) is 6.07 Å². The van der Waals surface area contributed by atoms with E-state index in [1.807, 2.05) is 11.0 Å². The number of hydrogen-bond donors (Lipinski definition) is 0. The maximum atomic E-state index is 8.62. The van der Waals surface area contributed by atoms with Crippen molar-refractivity contribution < 1.29 is 0 Å². The molecule has 13 heavy (non-hydrogen) atoms. The Morgan fingerprint density at radius 1 is 1.31 bits per heavy atom. The summed E-state index contributed by atoms with van der Waals surface area (Å²) < 4.78 is 0. The molecular formula is C9H8N4. The van der Waals surface area contributed by atoms with Gasteiger partial charge >= 0.3 is 0 Å². The average molecular weight is 172 g/mol. The van der Waals surface area contributed by atoms with Crippen molar-refractivity contribution in [2.24, 2.45) is 0 Å². The van der Waals surface area contributed by atoms with E-state index in [0.29, 0.717) is 5.69 Å². The molecule has 0 aliphatic carbocycles. The van der Waals surface area contributed by atoms with E-state index < -0.39 is 0 Å². The van der Waals surface area contributed by atoms with Gasteiger partial charge in [0.1, 0.15) is 11.9 Å². The summed E-state index contributed by atoms with van der Waals surface area (Å²) in [5.74, 6) is 0.768. The molecule has 0 radical (unpaired) electrons. The first-order chi connectivity index (χ1) is 6.40. The van der Waals surface area contributed by atoms with Gasteiger partial charge in [-0.3, -0.25) is 4.98 Å². The van der Waals surface area contributed by atoms with Crippen LogP contribution in [0.2, 0.25) is 0 Å². The minimum Gasteiger partial charge on any atom is -0.348 e. The second-order valence-corrected chi connectivity index (χ2v) is 2.75. The van der Waals surface area contributed by atoms with Crippen LogP contribution in [0, 0.1) is 11.3 Å². The van der Waals surface area contributed by atoms with Crippen LogP contribution >= 0.6 is 0 Å². The Morgan fingerprint density at radius 2 is 2.08 bits per heavy atom. The first kappa shape index (κ1) is 7.74. The van der Waals surface area contributed by atoms with Crippen LogP contribution < -0.4 is 4.90 Å². The number of nitrogens with zero attached hydrogens (tertiary/aromatic N) is 4. The maximum absolute atomic E-state index is 8.62. The summed E-state index contributed by atoms with van der Waals surface area (Å²) in [7, 11) is 0. The lowest BCUT2D eigenvalue weighted by molar-refractivity contribution is 0.950. The molecule has 1 aliphatic rings. The Hall–Kier alpha value is -1.89. The first-order valence-electron chi connectivity index (χ1n) is 4.02. The minimum atomic E-state index is 0.365. The number of hydrogen-bond acceptors (Lipinski definition) is 4. The fourth-order valence-corrected chi connectivity index (χ4v) is 1.23. The van der Waals surface area contributed by atoms with Gasteiger partial charge in [-0.05, 0) is 0 Å². The van der Waals surface area contributed by atoms with Gasteiger partial charge in [-0.2, -0.15) is 5.26 Å². The van der Waals surface area contributed by atoms with Crippen LogP contribution in [0.5, 0.6) is 0 Å². The van der Waals surface area contributed by atoms with E-state index in [4.69, 9.17) is 5.26 Å². The predicted molar refractivity (Wildman–Crippen MR) is 48.1 cm³/mol. The van der Waals surface area contributed by atoms with Gasteiger partial charge in [-0.1, -0.05) is 12.2 Å². The molecule has 0 unspecified atom stereocenters. The van der Waals surface area contributed by atoms with Gasteiger partial charge < -0.3 is 4.90 Å². The summed E-state index contributed by atoms with van der Waals surface area (Å²) in [6, 6.07) is 1.97. The molecule has 0 aromatic carbocycles. The highest BCUT2D eigenvalue weighted by atomic mass is 15.2. The first-order valence-corrected chi connectivity index (χ1v) is 4.02. The Bertz CT molecular complexity index is 369. The van der Waals surface area contributed by atoms with Gasteiger partial charge in [0.25, 0.3) is 0 Å². The third kappa shape index (κ3) is 1.49. The molecule has 0 spiro atoms. The fraction of sp³-hybridized carbons (Fsp3) is 0.222. The van der Waals surface area contributed by atoms with Crippen LogP contribution in [0.1, 0.15) is 5.69 Å². The Morgan fingerprint density at radius 3 is 2.77 bits per heavy atom. The Labute approximate surface area is 76.2 Å². The normalized spacial score (nSPS) is 14.5. The molecule has 4 heteroatoms. The van der Waals surface area contributed by atoms with Crippen molar-refractivity contribution in [3.05, 3.63) is 30.2 Å². The molecule has 4 nitrogen and oxygen atoms in total. The summed E-state index contributed by atoms with van der Waals surface area (Å²) in [5, 5.41) is 8.62. The van der Waals surface area contributed by atoms with E-state index in [1.165, 1.54) is 6.20 Å². The lowest BCUT2D eigenvalue weighted by atomic mass is 10.4. The van der Waals surface area contributed by atoms with Gasteiger partial charge in [0.2, 0.25) is 0 Å². The monoisotopic (exact) mass is 172 g/mol. The zero-order chi connectivity index (χ0) is 9.10. The van der Waals surface area contributed by atoms with E-state index in [0.717, 1.165) is 18.9 Å². The molecule has 0 saturated carbocycles. The summed E-state index contributed by atoms with van der Waals surface area (Å²) in [4.78, 5) is 10.1. The topological polar surface area (TPSA) is 52.8 Å². The zero-order valence-corrected chi connectivity index (χ0v) is 7.01. The molecule has 1 aliphatic heterocycles. The number of nitriles is 1. The molecule has 64 valence electrons. The van der Waals surface area contributed by atoms with Crippen molar-refractivity contribution in [2.45, 2.75) is 0 Å². The van der Waals surface area contributed by atoms with E-state index in [9.17, 15) is 0 Å². The number of rotatable bonds is 1. The quantitative estimate of drug-likeness (QED) is 0.586. The third-order valence-corrected chi connectivity index (χ3v) is 1.88. The van der Waals surface area contributed by atoms with Crippen molar-refractivity contribution >= 4 is 5.82 Å². The minimum absolute atomic E-state index is 0.365. The van der Waals surface area contributed by atoms with Crippen LogP contribution in [-0.2, 0) is 0 Å². The fourth-order valence-electron chi connectivity index (χ4n) is 1.23. The molecule has 0 saturated heterocycles. The van der Waals surface area contributed by atoms with Crippen LogP contribution in [-0.4, -0.2) is 23.1 Å².